The van der Waals surface area contributed by atoms with E-state index in [1.165, 1.54) is 0 Å². The zero-order valence-electron chi connectivity index (χ0n) is 12.2. The summed E-state index contributed by atoms with van der Waals surface area (Å²) < 4.78 is 5.24. The molecule has 112 valence electrons. The number of benzene rings is 2. The summed E-state index contributed by atoms with van der Waals surface area (Å²) in [5, 5.41) is 2.71. The summed E-state index contributed by atoms with van der Waals surface area (Å²) in [5.74, 6) is -0.0961. The van der Waals surface area contributed by atoms with Crippen molar-refractivity contribution < 1.29 is 9.53 Å². The van der Waals surface area contributed by atoms with Crippen molar-refractivity contribution in [2.24, 2.45) is 0 Å². The molecule has 0 radical (unpaired) electrons. The summed E-state index contributed by atoms with van der Waals surface area (Å²) in [6.07, 6.45) is -0.463. The number of nitrogens with zero attached hydrogens (tertiary/aromatic N) is 1. The lowest BCUT2D eigenvalue weighted by Gasteiger charge is -2.13. The summed E-state index contributed by atoms with van der Waals surface area (Å²) in [6, 6.07) is 19.3. The molecule has 1 atom stereocenters. The largest absolute Gasteiger partial charge is 0.449 e. The highest BCUT2D eigenvalue weighted by Gasteiger charge is 2.16. The predicted octanol–water partition coefficient (Wildman–Crippen LogP) is 3.62. The van der Waals surface area contributed by atoms with E-state index >= 15 is 0 Å². The molecule has 2 rings (SSSR count). The first-order valence-corrected chi connectivity index (χ1v) is 7.12. The molecule has 4 heteroatoms. The van der Waals surface area contributed by atoms with Gasteiger partial charge in [0.25, 0.3) is 0 Å². The van der Waals surface area contributed by atoms with Crippen LogP contribution in [0.25, 0.3) is 4.85 Å². The molecular weight excluding hydrogens is 276 g/mol. The molecule has 0 aliphatic heterocycles. The third-order valence-corrected chi connectivity index (χ3v) is 3.28. The zero-order valence-corrected chi connectivity index (χ0v) is 12.2. The van der Waals surface area contributed by atoms with Gasteiger partial charge in [-0.25, -0.2) is 11.4 Å². The average Bonchev–Trinajstić information content (AvgIpc) is 2.58. The normalized spacial score (nSPS) is 11.2. The van der Waals surface area contributed by atoms with Gasteiger partial charge >= 0.3 is 6.09 Å². The molecule has 1 unspecified atom stereocenters. The van der Waals surface area contributed by atoms with Crippen molar-refractivity contribution in [2.45, 2.75) is 12.5 Å². The van der Waals surface area contributed by atoms with Gasteiger partial charge in [-0.15, -0.1) is 0 Å². The van der Waals surface area contributed by atoms with Crippen LogP contribution < -0.4 is 5.32 Å². The van der Waals surface area contributed by atoms with Crippen LogP contribution in [0.3, 0.4) is 0 Å². The minimum atomic E-state index is -0.463. The number of alkyl carbamates (subject to hydrolysis) is 1. The van der Waals surface area contributed by atoms with E-state index in [2.05, 4.69) is 10.2 Å². The molecule has 1 N–H and O–H groups in total. The highest BCUT2D eigenvalue weighted by molar-refractivity contribution is 5.67. The summed E-state index contributed by atoms with van der Waals surface area (Å²) in [7, 11) is 0. The number of hydrogen-bond acceptors (Lipinski definition) is 2. The molecule has 4 nitrogen and oxygen atoms in total. The van der Waals surface area contributed by atoms with Gasteiger partial charge in [-0.2, -0.15) is 0 Å². The Bertz CT molecular complexity index is 621. The lowest BCUT2D eigenvalue weighted by molar-refractivity contribution is 0.139. The number of hydrogen-bond donors (Lipinski definition) is 1. The highest BCUT2D eigenvalue weighted by Crippen LogP contribution is 2.16. The molecule has 0 aromatic heterocycles. The molecule has 0 spiro atoms. The molecule has 0 heterocycles. The molecule has 0 aliphatic rings. The summed E-state index contributed by atoms with van der Waals surface area (Å²) >= 11 is 0. The van der Waals surface area contributed by atoms with Gasteiger partial charge in [-0.3, -0.25) is 0 Å². The van der Waals surface area contributed by atoms with Crippen LogP contribution in [0.4, 0.5) is 4.79 Å². The first-order valence-electron chi connectivity index (χ1n) is 7.12. The predicted molar refractivity (Wildman–Crippen MR) is 85.3 cm³/mol. The fourth-order valence-corrected chi connectivity index (χ4v) is 2.09. The molecule has 0 aliphatic carbocycles. The topological polar surface area (TPSA) is 42.7 Å². The minimum absolute atomic E-state index is 0.0961. The lowest BCUT2D eigenvalue weighted by atomic mass is 10.0. The Labute approximate surface area is 130 Å². The standard InChI is InChI=1S/C18H18N2O2/c1-19-13-17(16-10-6-3-7-11-16)14-22-18(21)20-12-15-8-4-2-5-9-15/h2-11,17H,12-14H2,(H,20,21). The van der Waals surface area contributed by atoms with E-state index in [1.54, 1.807) is 0 Å². The molecular formula is C18H18N2O2. The highest BCUT2D eigenvalue weighted by atomic mass is 16.5. The van der Waals surface area contributed by atoms with E-state index in [-0.39, 0.29) is 12.5 Å². The van der Waals surface area contributed by atoms with E-state index in [0.29, 0.717) is 13.1 Å². The van der Waals surface area contributed by atoms with Crippen molar-refractivity contribution in [3.63, 3.8) is 0 Å². The molecule has 0 bridgehead atoms. The SMILES string of the molecule is [C-]#[N+]CC(COC(=O)NCc1ccccc1)c1ccccc1. The molecule has 1 amide bonds. The summed E-state index contributed by atoms with van der Waals surface area (Å²) in [5.41, 5.74) is 2.02. The molecule has 0 saturated carbocycles. The van der Waals surface area contributed by atoms with E-state index in [0.717, 1.165) is 11.1 Å². The Morgan fingerprint density at radius 2 is 1.73 bits per heavy atom. The third-order valence-electron chi connectivity index (χ3n) is 3.28. The van der Waals surface area contributed by atoms with Gasteiger partial charge in [-0.05, 0) is 11.1 Å². The Hall–Kier alpha value is -2.80. The quantitative estimate of drug-likeness (QED) is 0.827. The Kier molecular flexibility index (Phi) is 6.01. The van der Waals surface area contributed by atoms with E-state index in [1.807, 2.05) is 60.7 Å². The zero-order chi connectivity index (χ0) is 15.6. The van der Waals surface area contributed by atoms with Crippen LogP contribution >= 0.6 is 0 Å². The number of carbonyl (C=O) groups excluding carboxylic acids is 1. The molecule has 2 aromatic rings. The maximum absolute atomic E-state index is 11.7. The molecule has 2 aromatic carbocycles. The van der Waals surface area contributed by atoms with Gasteiger partial charge in [0.2, 0.25) is 6.54 Å². The van der Waals surface area contributed by atoms with Crippen molar-refractivity contribution in [1.29, 1.82) is 0 Å². The lowest BCUT2D eigenvalue weighted by Crippen LogP contribution is -2.26. The number of nitrogens with one attached hydrogen (secondary N) is 1. The fraction of sp³-hybridized carbons (Fsp3) is 0.222. The second-order valence-corrected chi connectivity index (χ2v) is 4.89. The van der Waals surface area contributed by atoms with E-state index in [9.17, 15) is 4.79 Å². The van der Waals surface area contributed by atoms with Crippen molar-refractivity contribution in [2.75, 3.05) is 13.2 Å². The van der Waals surface area contributed by atoms with Crippen LogP contribution in [0.15, 0.2) is 60.7 Å². The second-order valence-electron chi connectivity index (χ2n) is 4.89. The van der Waals surface area contributed by atoms with Gasteiger partial charge in [0.1, 0.15) is 6.61 Å². The number of amides is 1. The Morgan fingerprint density at radius 3 is 2.36 bits per heavy atom. The number of rotatable bonds is 6. The van der Waals surface area contributed by atoms with Gasteiger partial charge in [0.05, 0.1) is 5.92 Å². The Balaban J connectivity index is 1.82. The van der Waals surface area contributed by atoms with Gasteiger partial charge in [0, 0.05) is 6.54 Å². The third kappa shape index (κ3) is 4.95. The first kappa shape index (κ1) is 15.6. The van der Waals surface area contributed by atoms with Gasteiger partial charge < -0.3 is 14.9 Å². The Morgan fingerprint density at radius 1 is 1.09 bits per heavy atom. The number of ether oxygens (including phenoxy) is 1. The van der Waals surface area contributed by atoms with Crippen LogP contribution in [0.5, 0.6) is 0 Å². The van der Waals surface area contributed by atoms with Crippen molar-refractivity contribution in [1.82, 2.24) is 5.32 Å². The maximum Gasteiger partial charge on any atom is 0.407 e. The van der Waals surface area contributed by atoms with Crippen LogP contribution in [0, 0.1) is 6.57 Å². The smallest absolute Gasteiger partial charge is 0.407 e. The monoisotopic (exact) mass is 294 g/mol. The van der Waals surface area contributed by atoms with Crippen molar-refractivity contribution >= 4 is 6.09 Å². The van der Waals surface area contributed by atoms with Gasteiger partial charge in [-0.1, -0.05) is 60.7 Å². The average molecular weight is 294 g/mol. The molecule has 22 heavy (non-hydrogen) atoms. The van der Waals surface area contributed by atoms with Crippen LogP contribution in [0.2, 0.25) is 0 Å². The second kappa shape index (κ2) is 8.48. The van der Waals surface area contributed by atoms with Gasteiger partial charge in [0.15, 0.2) is 0 Å². The van der Waals surface area contributed by atoms with Crippen LogP contribution in [-0.4, -0.2) is 19.2 Å². The molecule has 0 fully saturated rings. The summed E-state index contributed by atoms with van der Waals surface area (Å²) in [4.78, 5) is 15.2. The van der Waals surface area contributed by atoms with Crippen molar-refractivity contribution in [3.05, 3.63) is 83.2 Å². The van der Waals surface area contributed by atoms with Crippen LogP contribution in [0.1, 0.15) is 17.0 Å². The van der Waals surface area contributed by atoms with Crippen LogP contribution in [-0.2, 0) is 11.3 Å². The van der Waals surface area contributed by atoms with E-state index < -0.39 is 6.09 Å². The van der Waals surface area contributed by atoms with Crippen molar-refractivity contribution in [3.8, 4) is 0 Å². The fourth-order valence-electron chi connectivity index (χ4n) is 2.09. The maximum atomic E-state index is 11.7. The molecule has 0 saturated heterocycles. The minimum Gasteiger partial charge on any atom is -0.449 e. The first-order chi connectivity index (χ1) is 10.8. The number of carbonyl (C=O) groups is 1. The van der Waals surface area contributed by atoms with E-state index in [4.69, 9.17) is 11.3 Å². The summed E-state index contributed by atoms with van der Waals surface area (Å²) in [6.45, 7) is 7.96.